The molecule has 27 heteroatoms. The lowest BCUT2D eigenvalue weighted by atomic mass is 10.0. The summed E-state index contributed by atoms with van der Waals surface area (Å²) in [4.78, 5) is 134. The van der Waals surface area contributed by atoms with E-state index in [2.05, 4.69) is 68.0 Å². The van der Waals surface area contributed by atoms with Crippen molar-refractivity contribution in [2.45, 2.75) is 154 Å². The highest BCUT2D eigenvalue weighted by molar-refractivity contribution is 8.15. The van der Waals surface area contributed by atoms with Gasteiger partial charge in [-0.15, -0.1) is 23.1 Å². The van der Waals surface area contributed by atoms with Crippen LogP contribution in [0.2, 0.25) is 0 Å². The maximum atomic E-state index is 13.6. The number of aliphatic imine (C=N–C) groups is 2. The summed E-state index contributed by atoms with van der Waals surface area (Å²) in [6.45, 7) is 10.1. The summed E-state index contributed by atoms with van der Waals surface area (Å²) in [5.74, 6) is -4.19. The molecule has 6 atom stereocenters. The van der Waals surface area contributed by atoms with Gasteiger partial charge < -0.3 is 68.1 Å². The molecular weight excluding hydrogens is 1110 g/mol. The summed E-state index contributed by atoms with van der Waals surface area (Å²) in [5.41, 5.74) is 2.04. The third-order valence-corrected chi connectivity index (χ3v) is 15.7. The minimum Gasteiger partial charge on any atom is -0.480 e. The third kappa shape index (κ3) is 27.4. The molecule has 11 N–H and O–H groups in total. The second kappa shape index (κ2) is 36.5. The van der Waals surface area contributed by atoms with Crippen molar-refractivity contribution in [2.24, 2.45) is 15.9 Å². The molecule has 25 nitrogen and oxygen atoms in total. The summed E-state index contributed by atoms with van der Waals surface area (Å²) in [6.07, 6.45) is 8.18. The molecule has 462 valence electrons. The monoisotopic (exact) mass is 1200 g/mol. The Hall–Kier alpha value is -6.13. The number of hydrogen-bond acceptors (Lipinski definition) is 18. The van der Waals surface area contributed by atoms with Gasteiger partial charge >= 0.3 is 5.97 Å². The largest absolute Gasteiger partial charge is 0.480 e. The quantitative estimate of drug-likeness (QED) is 0.0330. The van der Waals surface area contributed by atoms with Gasteiger partial charge in [-0.2, -0.15) is 0 Å². The zero-order valence-corrected chi connectivity index (χ0v) is 51.5. The van der Waals surface area contributed by atoms with Crippen LogP contribution >= 0.6 is 23.1 Å². The van der Waals surface area contributed by atoms with Gasteiger partial charge in [-0.1, -0.05) is 20.3 Å². The first-order valence-corrected chi connectivity index (χ1v) is 30.7. The van der Waals surface area contributed by atoms with E-state index in [1.54, 1.807) is 6.92 Å². The molecule has 0 bridgehead atoms. The highest BCUT2D eigenvalue weighted by Crippen LogP contribution is 2.32. The van der Waals surface area contributed by atoms with Crippen molar-refractivity contribution in [3.05, 3.63) is 23.2 Å². The predicted octanol–water partition coefficient (Wildman–Crippen LogP) is 1.17. The average Bonchev–Trinajstić information content (AvgIpc) is 4.02. The van der Waals surface area contributed by atoms with Gasteiger partial charge in [-0.25, -0.2) is 9.78 Å². The van der Waals surface area contributed by atoms with Crippen LogP contribution in [0.1, 0.15) is 117 Å². The highest BCUT2D eigenvalue weighted by Gasteiger charge is 2.31. The molecule has 1 saturated carbocycles. The van der Waals surface area contributed by atoms with Gasteiger partial charge in [0.15, 0.2) is 6.04 Å². The van der Waals surface area contributed by atoms with E-state index in [0.717, 1.165) is 55.4 Å². The molecule has 1 aliphatic carbocycles. The number of unbranched alkanes of at least 4 members (excludes halogenated alkanes) is 3. The number of thioether (sulfide) groups is 1. The fourth-order valence-corrected chi connectivity index (χ4v) is 10.8. The molecule has 83 heavy (non-hydrogen) atoms. The number of carboxylic acid groups (broad SMARTS) is 1. The Morgan fingerprint density at radius 2 is 1.24 bits per heavy atom. The number of benzene rings is 1. The standard InChI is InChI=1S/C56H91N15O10S2/c1-34(2)28-44(66-49(75)32-61-51(77)42(64-38-19-20-38)17-11-14-26-70(6)7)53(79)62-31-48(74)65-43(18-12-15-27-71(8)9)52(78)60-30-47(73)59-25-24-57-36(4)50(76)67-40(16-10-13-23-58-37(5)72)35(3)63-39-21-22-41-46(29-39)83-55(68-41)54-69-45(33-82-54)56(80)81/h21-22,29,34,36,38,40,42-45,57,64H,10-20,23-28,30-33H2,1-9H3,(H,58,72)(H,59,73)(H,60,78)(H,61,77)(H,62,79)(H,65,74)(H,66,75)(H,67,76)(H,80,81). The van der Waals surface area contributed by atoms with Crippen LogP contribution in [0.4, 0.5) is 5.69 Å². The lowest BCUT2D eigenvalue weighted by Gasteiger charge is -2.22. The van der Waals surface area contributed by atoms with E-state index in [1.165, 1.54) is 30.0 Å². The van der Waals surface area contributed by atoms with Crippen molar-refractivity contribution >= 4 is 103 Å². The van der Waals surface area contributed by atoms with Crippen LogP contribution in [0.15, 0.2) is 28.2 Å². The molecule has 1 aromatic heterocycles. The van der Waals surface area contributed by atoms with Crippen molar-refractivity contribution in [2.75, 3.05) is 86.3 Å². The highest BCUT2D eigenvalue weighted by atomic mass is 32.2. The lowest BCUT2D eigenvalue weighted by Crippen LogP contribution is -2.54. The number of thiazole rings is 1. The van der Waals surface area contributed by atoms with E-state index in [4.69, 9.17) is 4.99 Å². The van der Waals surface area contributed by atoms with Crippen molar-refractivity contribution < 1.29 is 48.3 Å². The molecule has 2 aromatic rings. The first-order valence-electron chi connectivity index (χ1n) is 28.9. The second-order valence-corrected chi connectivity index (χ2v) is 24.2. The van der Waals surface area contributed by atoms with Gasteiger partial charge in [0.1, 0.15) is 22.1 Å². The number of carbonyl (C=O) groups excluding carboxylic acids is 8. The maximum absolute atomic E-state index is 13.6. The third-order valence-electron chi connectivity index (χ3n) is 13.5. The number of hydrogen-bond donors (Lipinski definition) is 11. The van der Waals surface area contributed by atoms with E-state index < -0.39 is 78.3 Å². The summed E-state index contributed by atoms with van der Waals surface area (Å²) in [6, 6.07) is 1.49. The van der Waals surface area contributed by atoms with E-state index in [1.807, 2.05) is 72.1 Å². The Bertz CT molecular complexity index is 2560. The number of rotatable bonds is 40. The van der Waals surface area contributed by atoms with Gasteiger partial charge in [-0.05, 0) is 150 Å². The smallest absolute Gasteiger partial charge is 0.329 e. The molecular formula is C56H91N15O10S2. The molecule has 6 unspecified atom stereocenters. The zero-order chi connectivity index (χ0) is 61.0. The van der Waals surface area contributed by atoms with E-state index in [0.29, 0.717) is 71.9 Å². The first kappa shape index (κ1) is 69.4. The minimum absolute atomic E-state index is 0.00465. The normalized spacial score (nSPS) is 16.1. The number of nitrogens with zero attached hydrogens (tertiary/aromatic N) is 5. The van der Waals surface area contributed by atoms with Crippen LogP contribution in [0, 0.1) is 5.92 Å². The maximum Gasteiger partial charge on any atom is 0.329 e. The number of amides is 8. The topological polar surface area (TPSA) is 338 Å². The molecule has 2 heterocycles. The van der Waals surface area contributed by atoms with Crippen molar-refractivity contribution in [3.8, 4) is 0 Å². The summed E-state index contributed by atoms with van der Waals surface area (Å²) in [5, 5.41) is 39.0. The molecule has 4 rings (SSSR count). The van der Waals surface area contributed by atoms with Crippen molar-refractivity contribution in [1.29, 1.82) is 0 Å². The number of carboxylic acids is 1. The number of fused-ring (bicyclic) bond motifs is 1. The predicted molar refractivity (Wildman–Crippen MR) is 325 cm³/mol. The van der Waals surface area contributed by atoms with Gasteiger partial charge in [0.05, 0.1) is 53.7 Å². The SMILES string of the molecule is CC(=O)NCCCCC(NC(=O)C(C)NCCNC(=O)CNC(=O)C(CCCCN(C)C)NC(=O)CNC(=O)C(CC(C)C)NC(=O)CNC(=O)C(CCCCN(C)C)NC1CC1)C(C)=Nc1ccc2nc(C3=NC(C(=O)O)CS3)sc2c1. The molecule has 0 radical (unpaired) electrons. The number of nitrogens with one attached hydrogen (secondary N) is 10. The Kier molecular flexibility index (Phi) is 30.5. The number of aliphatic carboxylic acids is 1. The van der Waals surface area contributed by atoms with Crippen molar-refractivity contribution in [3.63, 3.8) is 0 Å². The Morgan fingerprint density at radius 1 is 0.663 bits per heavy atom. The molecule has 2 aliphatic rings. The van der Waals surface area contributed by atoms with Crippen LogP contribution in [-0.4, -0.2) is 212 Å². The van der Waals surface area contributed by atoms with Gasteiger partial charge in [0.2, 0.25) is 47.3 Å². The molecule has 1 aromatic carbocycles. The molecule has 8 amide bonds. The van der Waals surface area contributed by atoms with Crippen LogP contribution in [-0.2, 0) is 43.2 Å². The van der Waals surface area contributed by atoms with E-state index in [9.17, 15) is 48.3 Å². The van der Waals surface area contributed by atoms with Crippen LogP contribution < -0.4 is 53.2 Å². The Morgan fingerprint density at radius 3 is 1.83 bits per heavy atom. The zero-order valence-electron chi connectivity index (χ0n) is 49.9. The fraction of sp³-hybridized carbons (Fsp3) is 0.679. The molecule has 0 spiro atoms. The lowest BCUT2D eigenvalue weighted by molar-refractivity contribution is -0.138. The number of carbonyl (C=O) groups is 9. The fourth-order valence-electron chi connectivity index (χ4n) is 8.75. The van der Waals surface area contributed by atoms with Gasteiger partial charge in [0, 0.05) is 44.1 Å². The molecule has 1 aliphatic heterocycles. The Labute approximate surface area is 496 Å². The number of aromatic nitrogens is 1. The Balaban J connectivity index is 1.25. The summed E-state index contributed by atoms with van der Waals surface area (Å²) < 4.78 is 0.850. The molecule has 0 saturated heterocycles. The van der Waals surface area contributed by atoms with Crippen LogP contribution in [0.3, 0.4) is 0 Å². The summed E-state index contributed by atoms with van der Waals surface area (Å²) >= 11 is 2.77. The van der Waals surface area contributed by atoms with E-state index >= 15 is 0 Å². The molecule has 1 fully saturated rings. The first-order chi connectivity index (χ1) is 39.5. The van der Waals surface area contributed by atoms with Gasteiger partial charge in [0.25, 0.3) is 0 Å². The average molecular weight is 1200 g/mol. The van der Waals surface area contributed by atoms with E-state index in [-0.39, 0.29) is 62.7 Å². The van der Waals surface area contributed by atoms with Crippen LogP contribution in [0.25, 0.3) is 10.2 Å². The van der Waals surface area contributed by atoms with Gasteiger partial charge in [-0.3, -0.25) is 48.3 Å². The van der Waals surface area contributed by atoms with Crippen LogP contribution in [0.5, 0.6) is 0 Å². The minimum atomic E-state index is -1.02. The second-order valence-electron chi connectivity index (χ2n) is 22.2. The van der Waals surface area contributed by atoms with Crippen molar-refractivity contribution in [1.82, 2.24) is 68.0 Å². The summed E-state index contributed by atoms with van der Waals surface area (Å²) in [7, 11) is 7.85.